The van der Waals surface area contributed by atoms with Crippen LogP contribution in [0.3, 0.4) is 0 Å². The van der Waals surface area contributed by atoms with Gasteiger partial charge in [0.2, 0.25) is 5.88 Å². The Morgan fingerprint density at radius 1 is 1.16 bits per heavy atom. The SMILES string of the molecule is O=C(NC(c1ccccn1)C(F)(F)F)c1ccc(C2CC2)c(OCC2CCOCC2)n1. The lowest BCUT2D eigenvalue weighted by Crippen LogP contribution is -2.39. The number of nitrogens with one attached hydrogen (secondary N) is 1. The van der Waals surface area contributed by atoms with Gasteiger partial charge in [0.15, 0.2) is 6.04 Å². The minimum absolute atomic E-state index is 0.114. The van der Waals surface area contributed by atoms with Gasteiger partial charge >= 0.3 is 6.18 Å². The number of amides is 1. The number of hydrogen-bond acceptors (Lipinski definition) is 5. The van der Waals surface area contributed by atoms with Gasteiger partial charge in [-0.3, -0.25) is 9.78 Å². The smallest absolute Gasteiger partial charge is 0.414 e. The molecule has 4 rings (SSSR count). The second kappa shape index (κ2) is 9.21. The first-order chi connectivity index (χ1) is 14.9. The average Bonchev–Trinajstić information content (AvgIpc) is 3.61. The van der Waals surface area contributed by atoms with Crippen LogP contribution < -0.4 is 10.1 Å². The Bertz CT molecular complexity index is 898. The number of halogens is 3. The van der Waals surface area contributed by atoms with Crippen molar-refractivity contribution >= 4 is 5.91 Å². The molecule has 1 amide bonds. The summed E-state index contributed by atoms with van der Waals surface area (Å²) in [4.78, 5) is 20.7. The van der Waals surface area contributed by atoms with Crippen molar-refractivity contribution in [2.75, 3.05) is 19.8 Å². The summed E-state index contributed by atoms with van der Waals surface area (Å²) in [5.74, 6) is 0.0684. The standard InChI is InChI=1S/C22H24F3N3O3/c23-22(24,25)19(17-3-1-2-10-26-17)28-20(29)18-7-6-16(15-4-5-15)21(27-18)31-13-14-8-11-30-12-9-14/h1-3,6-7,10,14-15,19H,4-5,8-9,11-13H2,(H,28,29). The van der Waals surface area contributed by atoms with E-state index >= 15 is 0 Å². The maximum absolute atomic E-state index is 13.6. The number of hydrogen-bond donors (Lipinski definition) is 1. The van der Waals surface area contributed by atoms with Gasteiger partial charge in [0.25, 0.3) is 5.91 Å². The van der Waals surface area contributed by atoms with Gasteiger partial charge in [0, 0.05) is 25.0 Å². The molecule has 1 saturated carbocycles. The number of nitrogens with zero attached hydrogens (tertiary/aromatic N) is 2. The van der Waals surface area contributed by atoms with E-state index in [0.717, 1.165) is 31.2 Å². The third kappa shape index (κ3) is 5.52. The number of pyridine rings is 2. The van der Waals surface area contributed by atoms with Gasteiger partial charge in [-0.05, 0) is 55.7 Å². The summed E-state index contributed by atoms with van der Waals surface area (Å²) in [6.07, 6.45) is 0.353. The Balaban J connectivity index is 1.51. The number of alkyl halides is 3. The molecule has 1 aliphatic heterocycles. The van der Waals surface area contributed by atoms with Crippen LogP contribution in [-0.4, -0.2) is 41.9 Å². The normalized spacial score (nSPS) is 18.4. The van der Waals surface area contributed by atoms with Crippen molar-refractivity contribution in [3.8, 4) is 5.88 Å². The Labute approximate surface area is 178 Å². The Morgan fingerprint density at radius 3 is 2.58 bits per heavy atom. The highest BCUT2D eigenvalue weighted by Crippen LogP contribution is 2.44. The summed E-state index contributed by atoms with van der Waals surface area (Å²) in [6.45, 7) is 1.82. The molecular weight excluding hydrogens is 411 g/mol. The lowest BCUT2D eigenvalue weighted by atomic mass is 10.0. The van der Waals surface area contributed by atoms with Gasteiger partial charge < -0.3 is 14.8 Å². The van der Waals surface area contributed by atoms with Crippen LogP contribution in [0.4, 0.5) is 13.2 Å². The lowest BCUT2D eigenvalue weighted by molar-refractivity contribution is -0.156. The van der Waals surface area contributed by atoms with Crippen LogP contribution in [0.15, 0.2) is 36.5 Å². The number of ether oxygens (including phenoxy) is 2. The largest absolute Gasteiger partial charge is 0.477 e. The summed E-state index contributed by atoms with van der Waals surface area (Å²) in [6, 6.07) is 5.15. The molecule has 1 aliphatic carbocycles. The van der Waals surface area contributed by atoms with E-state index in [1.165, 1.54) is 30.5 Å². The van der Waals surface area contributed by atoms with Gasteiger partial charge in [-0.1, -0.05) is 12.1 Å². The fraction of sp³-hybridized carbons (Fsp3) is 0.500. The first-order valence-electron chi connectivity index (χ1n) is 10.4. The van der Waals surface area contributed by atoms with Crippen molar-refractivity contribution in [2.45, 2.75) is 43.8 Å². The molecule has 1 unspecified atom stereocenters. The molecule has 2 aromatic heterocycles. The summed E-state index contributed by atoms with van der Waals surface area (Å²) >= 11 is 0. The fourth-order valence-electron chi connectivity index (χ4n) is 3.58. The molecule has 9 heteroatoms. The number of aromatic nitrogens is 2. The second-order valence-corrected chi connectivity index (χ2v) is 7.93. The summed E-state index contributed by atoms with van der Waals surface area (Å²) in [7, 11) is 0. The monoisotopic (exact) mass is 435 g/mol. The molecule has 0 aromatic carbocycles. The molecule has 166 valence electrons. The predicted molar refractivity (Wildman–Crippen MR) is 106 cm³/mol. The molecule has 2 fully saturated rings. The highest BCUT2D eigenvalue weighted by Gasteiger charge is 2.43. The number of carbonyl (C=O) groups is 1. The molecule has 3 heterocycles. The first-order valence-corrected chi connectivity index (χ1v) is 10.4. The molecule has 0 bridgehead atoms. The molecule has 2 aromatic rings. The first kappa shape index (κ1) is 21.5. The Morgan fingerprint density at radius 2 is 1.94 bits per heavy atom. The quantitative estimate of drug-likeness (QED) is 0.706. The summed E-state index contributed by atoms with van der Waals surface area (Å²) < 4.78 is 52.0. The molecular formula is C22H24F3N3O3. The average molecular weight is 435 g/mol. The van der Waals surface area contributed by atoms with E-state index in [1.54, 1.807) is 6.07 Å². The van der Waals surface area contributed by atoms with Crippen molar-refractivity contribution in [2.24, 2.45) is 5.92 Å². The zero-order valence-electron chi connectivity index (χ0n) is 16.9. The summed E-state index contributed by atoms with van der Waals surface area (Å²) in [5, 5.41) is 2.03. The van der Waals surface area contributed by atoms with Crippen molar-refractivity contribution in [1.29, 1.82) is 0 Å². The van der Waals surface area contributed by atoms with E-state index in [1.807, 2.05) is 5.32 Å². The molecule has 31 heavy (non-hydrogen) atoms. The highest BCUT2D eigenvalue weighted by atomic mass is 19.4. The topological polar surface area (TPSA) is 73.3 Å². The van der Waals surface area contributed by atoms with Gasteiger partial charge in [-0.15, -0.1) is 0 Å². The van der Waals surface area contributed by atoms with E-state index in [0.29, 0.717) is 37.5 Å². The molecule has 1 atom stereocenters. The van der Waals surface area contributed by atoms with E-state index in [4.69, 9.17) is 9.47 Å². The van der Waals surface area contributed by atoms with Crippen LogP contribution in [0.2, 0.25) is 0 Å². The third-order valence-electron chi connectivity index (χ3n) is 5.52. The van der Waals surface area contributed by atoms with E-state index < -0.39 is 18.1 Å². The van der Waals surface area contributed by atoms with E-state index in [2.05, 4.69) is 9.97 Å². The number of rotatable bonds is 7. The van der Waals surface area contributed by atoms with Crippen molar-refractivity contribution < 1.29 is 27.4 Å². The Hall–Kier alpha value is -2.68. The fourth-order valence-corrected chi connectivity index (χ4v) is 3.58. The lowest BCUT2D eigenvalue weighted by Gasteiger charge is -2.23. The van der Waals surface area contributed by atoms with Gasteiger partial charge in [-0.25, -0.2) is 4.98 Å². The van der Waals surface area contributed by atoms with Crippen molar-refractivity contribution in [3.63, 3.8) is 0 Å². The number of carbonyl (C=O) groups excluding carboxylic acids is 1. The van der Waals surface area contributed by atoms with Crippen LogP contribution in [0.1, 0.15) is 59.4 Å². The third-order valence-corrected chi connectivity index (χ3v) is 5.52. The van der Waals surface area contributed by atoms with E-state index in [9.17, 15) is 18.0 Å². The molecule has 6 nitrogen and oxygen atoms in total. The Kier molecular flexibility index (Phi) is 6.41. The highest BCUT2D eigenvalue weighted by molar-refractivity contribution is 5.92. The van der Waals surface area contributed by atoms with Crippen LogP contribution in [0.25, 0.3) is 0 Å². The summed E-state index contributed by atoms with van der Waals surface area (Å²) in [5.41, 5.74) is 0.506. The van der Waals surface area contributed by atoms with Crippen molar-refractivity contribution in [1.82, 2.24) is 15.3 Å². The van der Waals surface area contributed by atoms with Crippen LogP contribution in [0.5, 0.6) is 5.88 Å². The molecule has 2 aliphatic rings. The van der Waals surface area contributed by atoms with Crippen LogP contribution in [0, 0.1) is 5.92 Å². The van der Waals surface area contributed by atoms with Crippen molar-refractivity contribution in [3.05, 3.63) is 53.5 Å². The molecule has 0 radical (unpaired) electrons. The van der Waals surface area contributed by atoms with Crippen LogP contribution in [-0.2, 0) is 4.74 Å². The predicted octanol–water partition coefficient (Wildman–Crippen LogP) is 4.19. The zero-order chi connectivity index (χ0) is 21.8. The molecule has 1 saturated heterocycles. The van der Waals surface area contributed by atoms with Gasteiger partial charge in [0.1, 0.15) is 5.69 Å². The maximum Gasteiger partial charge on any atom is 0.414 e. The van der Waals surface area contributed by atoms with Gasteiger partial charge in [0.05, 0.1) is 12.3 Å². The minimum atomic E-state index is -4.69. The van der Waals surface area contributed by atoms with Crippen LogP contribution >= 0.6 is 0 Å². The molecule has 0 spiro atoms. The van der Waals surface area contributed by atoms with Gasteiger partial charge in [-0.2, -0.15) is 13.2 Å². The van der Waals surface area contributed by atoms with E-state index in [-0.39, 0.29) is 11.4 Å². The second-order valence-electron chi connectivity index (χ2n) is 7.93. The molecule has 1 N–H and O–H groups in total. The minimum Gasteiger partial charge on any atom is -0.477 e. The maximum atomic E-state index is 13.6. The zero-order valence-corrected chi connectivity index (χ0v) is 16.9.